The summed E-state index contributed by atoms with van der Waals surface area (Å²) in [6.07, 6.45) is 0. The minimum absolute atomic E-state index is 1.09. The number of aromatic nitrogens is 1. The van der Waals surface area contributed by atoms with Crippen LogP contribution in [-0.4, -0.2) is 4.57 Å². The van der Waals surface area contributed by atoms with E-state index in [2.05, 4.69) is 264 Å². The molecule has 11 rings (SSSR count). The molecular formula is C60H42N2. The lowest BCUT2D eigenvalue weighted by Crippen LogP contribution is -2.09. The molecule has 0 spiro atoms. The molecule has 0 aliphatic rings. The largest absolute Gasteiger partial charge is 0.311 e. The molecule has 0 saturated carbocycles. The standard InChI is InChI=1S/C60H42N2/c1-3-15-43(16-4-1)45-27-35-49(36-28-45)61(50-37-29-46(30-38-50)44-17-5-2-6-18-44)51-39-31-47(32-40-51)48-33-41-52(42-34-48)62-59-25-13-11-23-57(59)55-21-9-7-19-53(55)54-20-8-10-22-56(54)58-24-12-14-26-60(58)62/h1-42H. The fourth-order valence-electron chi connectivity index (χ4n) is 9.03. The molecule has 11 aromatic rings. The van der Waals surface area contributed by atoms with Gasteiger partial charge in [-0.15, -0.1) is 0 Å². The van der Waals surface area contributed by atoms with E-state index in [9.17, 15) is 0 Å². The maximum Gasteiger partial charge on any atom is 0.0540 e. The average molecular weight is 791 g/mol. The highest BCUT2D eigenvalue weighted by Crippen LogP contribution is 2.39. The minimum atomic E-state index is 1.09. The molecule has 0 fully saturated rings. The average Bonchev–Trinajstić information content (AvgIpc) is 3.40. The molecule has 0 radical (unpaired) electrons. The fraction of sp³-hybridized carbons (Fsp3) is 0. The van der Waals surface area contributed by atoms with Crippen LogP contribution in [0.5, 0.6) is 0 Å². The van der Waals surface area contributed by atoms with Crippen LogP contribution in [0.2, 0.25) is 0 Å². The van der Waals surface area contributed by atoms with Crippen molar-refractivity contribution in [3.8, 4) is 39.1 Å². The van der Waals surface area contributed by atoms with Gasteiger partial charge in [0.2, 0.25) is 0 Å². The van der Waals surface area contributed by atoms with Gasteiger partial charge < -0.3 is 9.47 Å². The van der Waals surface area contributed by atoms with Crippen LogP contribution < -0.4 is 4.90 Å². The normalized spacial score (nSPS) is 11.2. The molecule has 0 saturated heterocycles. The number of para-hydroxylation sites is 2. The van der Waals surface area contributed by atoms with Crippen LogP contribution in [0.1, 0.15) is 0 Å². The van der Waals surface area contributed by atoms with Crippen LogP contribution in [0.3, 0.4) is 0 Å². The predicted molar refractivity (Wildman–Crippen MR) is 264 cm³/mol. The highest BCUT2D eigenvalue weighted by Gasteiger charge is 2.15. The zero-order valence-electron chi connectivity index (χ0n) is 34.1. The molecule has 1 aromatic heterocycles. The number of fused-ring (bicyclic) bond motifs is 7. The van der Waals surface area contributed by atoms with Crippen molar-refractivity contribution in [2.75, 3.05) is 4.90 Å². The Morgan fingerprint density at radius 2 is 0.468 bits per heavy atom. The summed E-state index contributed by atoms with van der Waals surface area (Å²) in [5.41, 5.74) is 13.8. The van der Waals surface area contributed by atoms with Crippen molar-refractivity contribution in [3.05, 3.63) is 255 Å². The lowest BCUT2D eigenvalue weighted by molar-refractivity contribution is 1.17. The summed E-state index contributed by atoms with van der Waals surface area (Å²) in [6.45, 7) is 0. The molecule has 0 N–H and O–H groups in total. The zero-order chi connectivity index (χ0) is 41.2. The molecule has 0 unspecified atom stereocenters. The number of hydrogen-bond acceptors (Lipinski definition) is 1. The van der Waals surface area contributed by atoms with Gasteiger partial charge >= 0.3 is 0 Å². The Bertz CT molecular complexity index is 3220. The van der Waals surface area contributed by atoms with Crippen molar-refractivity contribution in [2.45, 2.75) is 0 Å². The van der Waals surface area contributed by atoms with Crippen LogP contribution in [-0.2, 0) is 0 Å². The highest BCUT2D eigenvalue weighted by molar-refractivity contribution is 6.19. The highest BCUT2D eigenvalue weighted by atomic mass is 15.1. The van der Waals surface area contributed by atoms with Crippen molar-refractivity contribution < 1.29 is 0 Å². The van der Waals surface area contributed by atoms with Crippen molar-refractivity contribution in [1.82, 2.24) is 4.57 Å². The molecule has 292 valence electrons. The summed E-state index contributed by atoms with van der Waals surface area (Å²) in [7, 11) is 0. The maximum absolute atomic E-state index is 2.43. The van der Waals surface area contributed by atoms with Gasteiger partial charge in [0.25, 0.3) is 0 Å². The molecule has 0 bridgehead atoms. The Hall–Kier alpha value is -8.20. The predicted octanol–water partition coefficient (Wildman–Crippen LogP) is 16.7. The van der Waals surface area contributed by atoms with Crippen LogP contribution in [0.25, 0.3) is 82.4 Å². The van der Waals surface area contributed by atoms with E-state index in [-0.39, 0.29) is 0 Å². The van der Waals surface area contributed by atoms with E-state index in [0.717, 1.165) is 44.9 Å². The van der Waals surface area contributed by atoms with Gasteiger partial charge in [0, 0.05) is 33.5 Å². The molecule has 0 amide bonds. The van der Waals surface area contributed by atoms with Crippen LogP contribution >= 0.6 is 0 Å². The van der Waals surface area contributed by atoms with Gasteiger partial charge in [-0.1, -0.05) is 194 Å². The van der Waals surface area contributed by atoms with Gasteiger partial charge in [0.15, 0.2) is 0 Å². The van der Waals surface area contributed by atoms with Gasteiger partial charge in [0.1, 0.15) is 0 Å². The van der Waals surface area contributed by atoms with Crippen LogP contribution in [0.15, 0.2) is 255 Å². The first-order valence-corrected chi connectivity index (χ1v) is 21.3. The third-order valence-corrected chi connectivity index (χ3v) is 12.1. The lowest BCUT2D eigenvalue weighted by Gasteiger charge is -2.26. The maximum atomic E-state index is 2.43. The van der Waals surface area contributed by atoms with Crippen molar-refractivity contribution >= 4 is 60.4 Å². The van der Waals surface area contributed by atoms with Gasteiger partial charge in [-0.3, -0.25) is 0 Å². The Morgan fingerprint density at radius 3 is 0.823 bits per heavy atom. The summed E-state index contributed by atoms with van der Waals surface area (Å²) >= 11 is 0. The summed E-state index contributed by atoms with van der Waals surface area (Å²) in [5.74, 6) is 0. The zero-order valence-corrected chi connectivity index (χ0v) is 34.1. The van der Waals surface area contributed by atoms with Crippen LogP contribution in [0.4, 0.5) is 17.1 Å². The third kappa shape index (κ3) is 6.84. The summed E-state index contributed by atoms with van der Waals surface area (Å²) in [4.78, 5) is 2.34. The molecule has 0 aliphatic heterocycles. The quantitative estimate of drug-likeness (QED) is 0.156. The van der Waals surface area contributed by atoms with E-state index in [1.807, 2.05) is 0 Å². The summed E-state index contributed by atoms with van der Waals surface area (Å²) < 4.78 is 2.43. The molecule has 2 heteroatoms. The first-order valence-electron chi connectivity index (χ1n) is 21.3. The van der Waals surface area contributed by atoms with Gasteiger partial charge in [-0.2, -0.15) is 0 Å². The van der Waals surface area contributed by atoms with Gasteiger partial charge in [-0.25, -0.2) is 0 Å². The molecule has 0 atom stereocenters. The van der Waals surface area contributed by atoms with Crippen molar-refractivity contribution in [3.63, 3.8) is 0 Å². The molecule has 62 heavy (non-hydrogen) atoms. The second-order valence-corrected chi connectivity index (χ2v) is 15.7. The summed E-state index contributed by atoms with van der Waals surface area (Å²) in [5, 5.41) is 7.30. The number of nitrogens with zero attached hydrogens (tertiary/aromatic N) is 2. The van der Waals surface area contributed by atoms with E-state index in [1.54, 1.807) is 0 Å². The first-order chi connectivity index (χ1) is 30.8. The van der Waals surface area contributed by atoms with E-state index in [4.69, 9.17) is 0 Å². The number of benzene rings is 10. The molecule has 1 heterocycles. The Balaban J connectivity index is 1.00. The molecule has 2 nitrogen and oxygen atoms in total. The number of hydrogen-bond donors (Lipinski definition) is 0. The Kier molecular flexibility index (Phi) is 9.57. The van der Waals surface area contributed by atoms with E-state index >= 15 is 0 Å². The van der Waals surface area contributed by atoms with Gasteiger partial charge in [0.05, 0.1) is 11.0 Å². The molecule has 0 aliphatic carbocycles. The number of anilines is 3. The minimum Gasteiger partial charge on any atom is -0.311 e. The Labute approximate surface area is 362 Å². The van der Waals surface area contributed by atoms with Crippen molar-refractivity contribution in [1.29, 1.82) is 0 Å². The molecule has 10 aromatic carbocycles. The second kappa shape index (κ2) is 16.1. The topological polar surface area (TPSA) is 8.17 Å². The number of rotatable bonds is 7. The van der Waals surface area contributed by atoms with Crippen molar-refractivity contribution in [2.24, 2.45) is 0 Å². The first kappa shape index (κ1) is 36.8. The van der Waals surface area contributed by atoms with E-state index in [1.165, 1.54) is 54.6 Å². The smallest absolute Gasteiger partial charge is 0.0540 e. The van der Waals surface area contributed by atoms with Gasteiger partial charge in [-0.05, 0) is 116 Å². The monoisotopic (exact) mass is 790 g/mol. The van der Waals surface area contributed by atoms with E-state index in [0.29, 0.717) is 0 Å². The van der Waals surface area contributed by atoms with E-state index < -0.39 is 0 Å². The second-order valence-electron chi connectivity index (χ2n) is 15.7. The lowest BCUT2D eigenvalue weighted by atomic mass is 10.0. The van der Waals surface area contributed by atoms with Crippen LogP contribution in [0, 0.1) is 0 Å². The molecular weight excluding hydrogens is 749 g/mol. The summed E-state index contributed by atoms with van der Waals surface area (Å²) in [6, 6.07) is 92.1. The third-order valence-electron chi connectivity index (χ3n) is 12.1. The fourth-order valence-corrected chi connectivity index (χ4v) is 9.03. The Morgan fingerprint density at radius 1 is 0.210 bits per heavy atom. The SMILES string of the molecule is c1ccc(-c2ccc(N(c3ccc(-c4ccccc4)cc3)c3ccc(-c4ccc(-n5c6ccccc6c6ccccc6c6ccccc6c6ccccc65)cc4)cc3)cc2)cc1.